The lowest BCUT2D eigenvalue weighted by molar-refractivity contribution is 1.36. The molecule has 0 amide bonds. The van der Waals surface area contributed by atoms with Gasteiger partial charge in [0.15, 0.2) is 0 Å². The second kappa shape index (κ2) is 13.5. The zero-order valence-electron chi connectivity index (χ0n) is 19.0. The fourth-order valence-electron chi connectivity index (χ4n) is 2.83. The van der Waals surface area contributed by atoms with Gasteiger partial charge in [-0.25, -0.2) is 0 Å². The van der Waals surface area contributed by atoms with E-state index >= 15 is 0 Å². The fourth-order valence-corrected chi connectivity index (χ4v) is 2.83. The summed E-state index contributed by atoms with van der Waals surface area (Å²) in [5.41, 5.74) is 10.7. The summed E-state index contributed by atoms with van der Waals surface area (Å²) in [4.78, 5) is 4.19. The van der Waals surface area contributed by atoms with E-state index in [1.807, 2.05) is 70.3 Å². The highest BCUT2D eigenvalue weighted by Crippen LogP contribution is 2.27. The number of nitrogens with zero attached hydrogens (tertiary/aromatic N) is 1. The van der Waals surface area contributed by atoms with Crippen molar-refractivity contribution in [2.45, 2.75) is 27.7 Å². The van der Waals surface area contributed by atoms with Gasteiger partial charge in [-0.1, -0.05) is 83.4 Å². The Morgan fingerprint density at radius 1 is 0.903 bits per heavy atom. The van der Waals surface area contributed by atoms with Crippen LogP contribution in [0.5, 0.6) is 0 Å². The number of benzene rings is 2. The molecule has 0 aliphatic rings. The Kier molecular flexibility index (Phi) is 11.0. The first-order valence-corrected chi connectivity index (χ1v) is 10.6. The molecule has 160 valence electrons. The van der Waals surface area contributed by atoms with Crippen LogP contribution in [0, 0.1) is 5.41 Å². The second-order valence-electron chi connectivity index (χ2n) is 6.09. The molecule has 0 spiro atoms. The number of rotatable bonds is 6. The minimum absolute atomic E-state index is 0.341. The van der Waals surface area contributed by atoms with Gasteiger partial charge in [0, 0.05) is 29.0 Å². The highest BCUT2D eigenvalue weighted by molar-refractivity contribution is 6.11. The molecule has 0 fully saturated rings. The first kappa shape index (κ1) is 25.3. The van der Waals surface area contributed by atoms with Gasteiger partial charge in [0.05, 0.1) is 5.71 Å². The molecule has 3 heteroatoms. The molecule has 3 N–H and O–H groups in total. The smallest absolute Gasteiger partial charge is 0.0633 e. The van der Waals surface area contributed by atoms with E-state index in [-0.39, 0.29) is 0 Å². The van der Waals surface area contributed by atoms with Crippen LogP contribution >= 0.6 is 0 Å². The minimum Gasteiger partial charge on any atom is -0.398 e. The molecule has 0 unspecified atom stereocenters. The molecule has 0 bridgehead atoms. The van der Waals surface area contributed by atoms with Crippen LogP contribution in [-0.2, 0) is 0 Å². The van der Waals surface area contributed by atoms with Gasteiger partial charge in [-0.2, -0.15) is 0 Å². The lowest BCUT2D eigenvalue weighted by atomic mass is 9.97. The highest BCUT2D eigenvalue weighted by atomic mass is 14.6. The molecular formula is C28H33N3. The fraction of sp³-hybridized carbons (Fsp3) is 0.143. The molecule has 1 heterocycles. The van der Waals surface area contributed by atoms with E-state index in [0.717, 1.165) is 27.5 Å². The molecule has 0 aliphatic heterocycles. The zero-order chi connectivity index (χ0) is 23.2. The highest BCUT2D eigenvalue weighted by Gasteiger charge is 2.07. The summed E-state index contributed by atoms with van der Waals surface area (Å²) < 4.78 is 0. The molecule has 0 saturated carbocycles. The summed E-state index contributed by atoms with van der Waals surface area (Å²) in [6.07, 6.45) is 12.4. The summed E-state index contributed by atoms with van der Waals surface area (Å²) in [7, 11) is 0. The SMILES string of the molecule is C=C/C=C(C=C)/C=C/C(=N)c1cc(-c2ccc3ccncc3c2)ccc1N.CC.CC. The number of pyridine rings is 1. The van der Waals surface area contributed by atoms with E-state index in [9.17, 15) is 0 Å². The second-order valence-corrected chi connectivity index (χ2v) is 6.09. The predicted molar refractivity (Wildman–Crippen MR) is 139 cm³/mol. The number of nitrogens with two attached hydrogens (primary N) is 1. The van der Waals surface area contributed by atoms with Crippen LogP contribution in [0.25, 0.3) is 21.9 Å². The Morgan fingerprint density at radius 3 is 2.26 bits per heavy atom. The number of nitrogen functional groups attached to an aromatic ring is 1. The van der Waals surface area contributed by atoms with Gasteiger partial charge in [0.2, 0.25) is 0 Å². The topological polar surface area (TPSA) is 62.8 Å². The zero-order valence-corrected chi connectivity index (χ0v) is 19.0. The molecule has 3 nitrogen and oxygen atoms in total. The van der Waals surface area contributed by atoms with E-state index in [1.165, 1.54) is 0 Å². The van der Waals surface area contributed by atoms with E-state index in [2.05, 4.69) is 36.3 Å². The van der Waals surface area contributed by atoms with Gasteiger partial charge in [-0.15, -0.1) is 0 Å². The Hall–Kier alpha value is -3.72. The maximum Gasteiger partial charge on any atom is 0.0633 e. The minimum atomic E-state index is 0.341. The van der Waals surface area contributed by atoms with Crippen LogP contribution in [-0.4, -0.2) is 10.7 Å². The number of fused-ring (bicyclic) bond motifs is 1. The molecule has 31 heavy (non-hydrogen) atoms. The van der Waals surface area contributed by atoms with Gasteiger partial charge in [-0.05, 0) is 52.4 Å². The van der Waals surface area contributed by atoms with Gasteiger partial charge >= 0.3 is 0 Å². The molecular weight excluding hydrogens is 378 g/mol. The van der Waals surface area contributed by atoms with E-state index < -0.39 is 0 Å². The Morgan fingerprint density at radius 2 is 1.58 bits per heavy atom. The van der Waals surface area contributed by atoms with Crippen LogP contribution in [0.1, 0.15) is 33.3 Å². The van der Waals surface area contributed by atoms with Crippen molar-refractivity contribution in [3.63, 3.8) is 0 Å². The third-order valence-electron chi connectivity index (χ3n) is 4.31. The lowest BCUT2D eigenvalue weighted by Gasteiger charge is -2.09. The summed E-state index contributed by atoms with van der Waals surface area (Å²) in [6.45, 7) is 15.4. The summed E-state index contributed by atoms with van der Waals surface area (Å²) in [6, 6.07) is 14.0. The number of nitrogens with one attached hydrogen (secondary N) is 1. The van der Waals surface area contributed by atoms with Crippen LogP contribution in [0.4, 0.5) is 5.69 Å². The van der Waals surface area contributed by atoms with Crippen LogP contribution in [0.2, 0.25) is 0 Å². The van der Waals surface area contributed by atoms with E-state index in [4.69, 9.17) is 11.1 Å². The number of allylic oxidation sites excluding steroid dienone is 6. The van der Waals surface area contributed by atoms with E-state index in [1.54, 1.807) is 24.4 Å². The molecule has 0 aliphatic carbocycles. The van der Waals surface area contributed by atoms with Crippen LogP contribution in [0.15, 0.2) is 104 Å². The summed E-state index contributed by atoms with van der Waals surface area (Å²) >= 11 is 0. The molecule has 2 aromatic carbocycles. The van der Waals surface area contributed by atoms with Crippen LogP contribution in [0.3, 0.4) is 0 Å². The van der Waals surface area contributed by atoms with Crippen molar-refractivity contribution >= 4 is 22.2 Å². The standard InChI is InChI=1S/C24H21N3.2C2H6/c1-3-5-17(4-2)6-10-23(25)22-15-20(9-11-24(22)26)19-8-7-18-12-13-27-16-21(18)14-19;2*1-2/h3-16,25H,1-2,26H2;2*1-2H3/b10-6+,17-5+,25-23?;;. The molecule has 3 aromatic rings. The van der Waals surface area contributed by atoms with Crippen molar-refractivity contribution in [1.82, 2.24) is 4.98 Å². The average molecular weight is 412 g/mol. The number of hydrogen-bond donors (Lipinski definition) is 2. The Labute approximate surface area is 186 Å². The van der Waals surface area contributed by atoms with Crippen molar-refractivity contribution in [1.29, 1.82) is 5.41 Å². The largest absolute Gasteiger partial charge is 0.398 e. The summed E-state index contributed by atoms with van der Waals surface area (Å²) in [5.74, 6) is 0. The predicted octanol–water partition coefficient (Wildman–Crippen LogP) is 7.76. The van der Waals surface area contributed by atoms with Crippen molar-refractivity contribution < 1.29 is 0 Å². The van der Waals surface area contributed by atoms with E-state index in [0.29, 0.717) is 17.0 Å². The molecule has 0 radical (unpaired) electrons. The maximum absolute atomic E-state index is 8.40. The third kappa shape index (κ3) is 6.93. The number of anilines is 1. The monoisotopic (exact) mass is 411 g/mol. The third-order valence-corrected chi connectivity index (χ3v) is 4.31. The number of aromatic nitrogens is 1. The Bertz CT molecular complexity index is 1090. The molecule has 0 atom stereocenters. The van der Waals surface area contributed by atoms with Crippen molar-refractivity contribution in [3.8, 4) is 11.1 Å². The van der Waals surface area contributed by atoms with Gasteiger partial charge < -0.3 is 11.1 Å². The quantitative estimate of drug-likeness (QED) is 0.247. The van der Waals surface area contributed by atoms with Crippen molar-refractivity contribution in [2.75, 3.05) is 5.73 Å². The first-order valence-electron chi connectivity index (χ1n) is 10.6. The average Bonchev–Trinajstić information content (AvgIpc) is 2.84. The lowest BCUT2D eigenvalue weighted by Crippen LogP contribution is -2.01. The molecule has 1 aromatic heterocycles. The van der Waals surface area contributed by atoms with Crippen molar-refractivity contribution in [2.24, 2.45) is 0 Å². The normalized spacial score (nSPS) is 10.5. The Balaban J connectivity index is 0.00000113. The maximum atomic E-state index is 8.40. The molecule has 3 rings (SSSR count). The molecule has 0 saturated heterocycles. The summed E-state index contributed by atoms with van der Waals surface area (Å²) in [5, 5.41) is 10.6. The van der Waals surface area contributed by atoms with Gasteiger partial charge in [-0.3, -0.25) is 4.98 Å². The van der Waals surface area contributed by atoms with Crippen molar-refractivity contribution in [3.05, 3.63) is 110 Å². The van der Waals surface area contributed by atoms with Gasteiger partial charge in [0.25, 0.3) is 0 Å². The number of hydrogen-bond acceptors (Lipinski definition) is 3. The first-order chi connectivity index (χ1) is 15.1. The van der Waals surface area contributed by atoms with Crippen LogP contribution < -0.4 is 5.73 Å². The van der Waals surface area contributed by atoms with Gasteiger partial charge in [0.1, 0.15) is 0 Å².